The predicted molar refractivity (Wildman–Crippen MR) is 89.0 cm³/mol. The van der Waals surface area contributed by atoms with Gasteiger partial charge in [0.25, 0.3) is 0 Å². The third-order valence-electron chi connectivity index (χ3n) is 4.91. The molecule has 20 heavy (non-hydrogen) atoms. The summed E-state index contributed by atoms with van der Waals surface area (Å²) in [4.78, 5) is 0. The van der Waals surface area contributed by atoms with Gasteiger partial charge in [0.2, 0.25) is 0 Å². The van der Waals surface area contributed by atoms with Gasteiger partial charge in [-0.25, -0.2) is 0 Å². The van der Waals surface area contributed by atoms with E-state index in [0.717, 1.165) is 18.3 Å². The van der Waals surface area contributed by atoms with Crippen LogP contribution in [0.2, 0.25) is 0 Å². The Labute approximate surface area is 127 Å². The molecule has 1 N–H and O–H groups in total. The zero-order chi connectivity index (χ0) is 14.6. The smallest absolute Gasteiger partial charge is 0.0512 e. The Balaban J connectivity index is 1.94. The summed E-state index contributed by atoms with van der Waals surface area (Å²) in [6.07, 6.45) is 19.4. The highest BCUT2D eigenvalue weighted by Gasteiger charge is 2.30. The Hall–Kier alpha value is -0.0400. The first kappa shape index (κ1) is 18.0. The van der Waals surface area contributed by atoms with Crippen molar-refractivity contribution in [2.75, 3.05) is 0 Å². The molecular formula is C19H38O. The van der Waals surface area contributed by atoms with Crippen molar-refractivity contribution in [3.63, 3.8) is 0 Å². The van der Waals surface area contributed by atoms with Gasteiger partial charge in [-0.2, -0.15) is 0 Å². The van der Waals surface area contributed by atoms with E-state index in [1.165, 1.54) is 83.5 Å². The lowest BCUT2D eigenvalue weighted by Crippen LogP contribution is -2.06. The van der Waals surface area contributed by atoms with Crippen LogP contribution in [0.3, 0.4) is 0 Å². The molecule has 1 saturated carbocycles. The van der Waals surface area contributed by atoms with E-state index in [1.807, 2.05) is 6.92 Å². The molecule has 0 heterocycles. The van der Waals surface area contributed by atoms with Crippen LogP contribution in [0.4, 0.5) is 0 Å². The standard InChI is InChI=1S/C19H38O/c1-3-4-5-6-7-8-9-10-13-18(19-15-16-19)14-11-12-17(2)20/h17-20H,3-16H2,1-2H3. The summed E-state index contributed by atoms with van der Waals surface area (Å²) in [5, 5.41) is 9.35. The van der Waals surface area contributed by atoms with Gasteiger partial charge in [0.15, 0.2) is 0 Å². The van der Waals surface area contributed by atoms with Crippen LogP contribution in [0.15, 0.2) is 0 Å². The highest BCUT2D eigenvalue weighted by atomic mass is 16.3. The SMILES string of the molecule is CCCCCCCCCCC(CCCC(C)O)C1CC1. The van der Waals surface area contributed by atoms with Crippen molar-refractivity contribution in [1.29, 1.82) is 0 Å². The summed E-state index contributed by atoms with van der Waals surface area (Å²) >= 11 is 0. The molecule has 1 fully saturated rings. The molecule has 0 radical (unpaired) electrons. The lowest BCUT2D eigenvalue weighted by atomic mass is 9.90. The maximum Gasteiger partial charge on any atom is 0.0512 e. The summed E-state index contributed by atoms with van der Waals surface area (Å²) in [5.41, 5.74) is 0. The number of rotatable bonds is 14. The molecule has 1 aliphatic carbocycles. The van der Waals surface area contributed by atoms with Gasteiger partial charge in [-0.05, 0) is 38.0 Å². The van der Waals surface area contributed by atoms with Crippen LogP contribution in [0.25, 0.3) is 0 Å². The molecule has 2 atom stereocenters. The molecule has 0 aliphatic heterocycles. The van der Waals surface area contributed by atoms with Gasteiger partial charge in [0.05, 0.1) is 6.10 Å². The lowest BCUT2D eigenvalue weighted by molar-refractivity contribution is 0.176. The van der Waals surface area contributed by atoms with E-state index in [0.29, 0.717) is 0 Å². The van der Waals surface area contributed by atoms with Crippen LogP contribution >= 0.6 is 0 Å². The number of aliphatic hydroxyl groups is 1. The molecule has 1 nitrogen and oxygen atoms in total. The lowest BCUT2D eigenvalue weighted by Gasteiger charge is -2.16. The minimum absolute atomic E-state index is 0.0991. The van der Waals surface area contributed by atoms with E-state index in [9.17, 15) is 5.11 Å². The quantitative estimate of drug-likeness (QED) is 0.382. The van der Waals surface area contributed by atoms with Crippen molar-refractivity contribution in [3.05, 3.63) is 0 Å². The second-order valence-electron chi connectivity index (χ2n) is 7.14. The first-order chi connectivity index (χ1) is 9.74. The Morgan fingerprint density at radius 2 is 1.35 bits per heavy atom. The van der Waals surface area contributed by atoms with Crippen molar-refractivity contribution in [2.45, 2.75) is 110 Å². The van der Waals surface area contributed by atoms with Crippen molar-refractivity contribution in [2.24, 2.45) is 11.8 Å². The summed E-state index contributed by atoms with van der Waals surface area (Å²) in [7, 11) is 0. The summed E-state index contributed by atoms with van der Waals surface area (Å²) < 4.78 is 0. The predicted octanol–water partition coefficient (Wildman–Crippen LogP) is 6.09. The zero-order valence-electron chi connectivity index (χ0n) is 14.1. The largest absolute Gasteiger partial charge is 0.393 e. The van der Waals surface area contributed by atoms with E-state index >= 15 is 0 Å². The number of unbranched alkanes of at least 4 members (excludes halogenated alkanes) is 7. The number of hydrogen-bond acceptors (Lipinski definition) is 1. The second kappa shape index (κ2) is 11.6. The molecule has 0 saturated heterocycles. The number of hydrogen-bond donors (Lipinski definition) is 1. The van der Waals surface area contributed by atoms with Gasteiger partial charge < -0.3 is 5.11 Å². The molecular weight excluding hydrogens is 244 g/mol. The maximum absolute atomic E-state index is 9.35. The molecule has 0 aromatic carbocycles. The van der Waals surface area contributed by atoms with E-state index in [1.54, 1.807) is 0 Å². The average Bonchev–Trinajstić information content (AvgIpc) is 3.23. The van der Waals surface area contributed by atoms with Crippen LogP contribution in [0, 0.1) is 11.8 Å². The second-order valence-corrected chi connectivity index (χ2v) is 7.14. The molecule has 1 rings (SSSR count). The Morgan fingerprint density at radius 3 is 1.90 bits per heavy atom. The summed E-state index contributed by atoms with van der Waals surface area (Å²) in [6.45, 7) is 4.21. The van der Waals surface area contributed by atoms with Gasteiger partial charge in [0, 0.05) is 0 Å². The molecule has 0 bridgehead atoms. The van der Waals surface area contributed by atoms with Crippen molar-refractivity contribution >= 4 is 0 Å². The first-order valence-corrected chi connectivity index (χ1v) is 9.42. The van der Waals surface area contributed by atoms with Gasteiger partial charge >= 0.3 is 0 Å². The van der Waals surface area contributed by atoms with Crippen molar-refractivity contribution in [1.82, 2.24) is 0 Å². The summed E-state index contributed by atoms with van der Waals surface area (Å²) in [6, 6.07) is 0. The average molecular weight is 283 g/mol. The minimum Gasteiger partial charge on any atom is -0.393 e. The third-order valence-corrected chi connectivity index (χ3v) is 4.91. The fourth-order valence-corrected chi connectivity index (χ4v) is 3.40. The molecule has 120 valence electrons. The Morgan fingerprint density at radius 1 is 0.800 bits per heavy atom. The van der Waals surface area contributed by atoms with Crippen LogP contribution in [0.1, 0.15) is 104 Å². The normalized spacial score (nSPS) is 18.1. The van der Waals surface area contributed by atoms with E-state index in [-0.39, 0.29) is 6.10 Å². The van der Waals surface area contributed by atoms with Crippen LogP contribution < -0.4 is 0 Å². The van der Waals surface area contributed by atoms with Crippen LogP contribution in [0.5, 0.6) is 0 Å². The monoisotopic (exact) mass is 282 g/mol. The van der Waals surface area contributed by atoms with Crippen LogP contribution in [-0.2, 0) is 0 Å². The fourth-order valence-electron chi connectivity index (χ4n) is 3.40. The highest BCUT2D eigenvalue weighted by Crippen LogP contribution is 2.41. The van der Waals surface area contributed by atoms with Gasteiger partial charge in [0.1, 0.15) is 0 Å². The zero-order valence-corrected chi connectivity index (χ0v) is 14.1. The van der Waals surface area contributed by atoms with Gasteiger partial charge in [-0.15, -0.1) is 0 Å². The fraction of sp³-hybridized carbons (Fsp3) is 1.00. The summed E-state index contributed by atoms with van der Waals surface area (Å²) in [5.74, 6) is 2.03. The third kappa shape index (κ3) is 9.80. The van der Waals surface area contributed by atoms with Crippen molar-refractivity contribution < 1.29 is 5.11 Å². The van der Waals surface area contributed by atoms with Gasteiger partial charge in [-0.3, -0.25) is 0 Å². The molecule has 0 amide bonds. The minimum atomic E-state index is -0.0991. The Kier molecular flexibility index (Phi) is 10.4. The number of aliphatic hydroxyl groups excluding tert-OH is 1. The molecule has 0 aromatic heterocycles. The van der Waals surface area contributed by atoms with Gasteiger partial charge in [-0.1, -0.05) is 77.6 Å². The highest BCUT2D eigenvalue weighted by molar-refractivity contribution is 4.81. The van der Waals surface area contributed by atoms with E-state index in [4.69, 9.17) is 0 Å². The van der Waals surface area contributed by atoms with Crippen LogP contribution in [-0.4, -0.2) is 11.2 Å². The molecule has 1 aliphatic rings. The topological polar surface area (TPSA) is 20.2 Å². The maximum atomic E-state index is 9.35. The molecule has 0 spiro atoms. The Bertz CT molecular complexity index is 208. The van der Waals surface area contributed by atoms with E-state index in [2.05, 4.69) is 6.92 Å². The van der Waals surface area contributed by atoms with E-state index < -0.39 is 0 Å². The molecule has 1 heteroatoms. The molecule has 2 unspecified atom stereocenters. The first-order valence-electron chi connectivity index (χ1n) is 9.42. The molecule has 0 aromatic rings. The van der Waals surface area contributed by atoms with Crippen molar-refractivity contribution in [3.8, 4) is 0 Å².